The molecule has 0 saturated carbocycles. The van der Waals surface area contributed by atoms with Gasteiger partial charge in [0.05, 0.1) is 10.6 Å². The van der Waals surface area contributed by atoms with Crippen LogP contribution in [0.5, 0.6) is 0 Å². The predicted molar refractivity (Wildman–Crippen MR) is 118 cm³/mol. The molecule has 0 spiro atoms. The molecule has 0 radical (unpaired) electrons. The summed E-state index contributed by atoms with van der Waals surface area (Å²) < 4.78 is 24.6. The Kier molecular flexibility index (Phi) is 9.38. The maximum absolute atomic E-state index is 12.3. The van der Waals surface area contributed by atoms with Crippen molar-refractivity contribution in [2.45, 2.75) is 11.4 Å². The van der Waals surface area contributed by atoms with Crippen molar-refractivity contribution < 1.29 is 8.42 Å². The summed E-state index contributed by atoms with van der Waals surface area (Å²) in [5.74, 6) is 0.610. The lowest BCUT2D eigenvalue weighted by Gasteiger charge is -2.22. The topological polar surface area (TPSA) is 61.8 Å². The number of rotatable bonds is 6. The number of sulfone groups is 1. The normalized spacial score (nSPS) is 11.6. The molecule has 5 nitrogen and oxygen atoms in total. The zero-order chi connectivity index (χ0) is 18.3. The first-order valence-corrected chi connectivity index (χ1v) is 9.90. The Bertz CT molecular complexity index is 829. The average molecular weight is 508 g/mol. The van der Waals surface area contributed by atoms with Gasteiger partial charge in [-0.25, -0.2) is 8.42 Å². The fourth-order valence-electron chi connectivity index (χ4n) is 2.38. The maximum atomic E-state index is 12.3. The standard InChI is InChI=1S/C18H22ClN3O2S.HI/c1-20-18(22(2)14-15-8-6-7-11-17(15)19)21-12-13-25(23,24)16-9-4-3-5-10-16;/h3-11H,12-14H2,1-2H3,(H,20,21);1H. The van der Waals surface area contributed by atoms with E-state index < -0.39 is 9.84 Å². The summed E-state index contributed by atoms with van der Waals surface area (Å²) in [4.78, 5) is 6.43. The molecule has 0 fully saturated rings. The maximum Gasteiger partial charge on any atom is 0.193 e. The van der Waals surface area contributed by atoms with E-state index in [-0.39, 0.29) is 36.3 Å². The van der Waals surface area contributed by atoms with Crippen molar-refractivity contribution in [3.05, 3.63) is 65.2 Å². The summed E-state index contributed by atoms with van der Waals surface area (Å²) in [5.41, 5.74) is 0.978. The Morgan fingerprint density at radius 2 is 1.73 bits per heavy atom. The zero-order valence-corrected chi connectivity index (χ0v) is 18.6. The van der Waals surface area contributed by atoms with Crippen LogP contribution in [-0.2, 0) is 16.4 Å². The Labute approximate surface area is 177 Å². The van der Waals surface area contributed by atoms with Crippen LogP contribution in [-0.4, -0.2) is 45.7 Å². The number of guanidine groups is 1. The lowest BCUT2D eigenvalue weighted by atomic mass is 10.2. The highest BCUT2D eigenvalue weighted by atomic mass is 127. The Morgan fingerprint density at radius 3 is 2.35 bits per heavy atom. The number of benzene rings is 2. The molecule has 0 aliphatic rings. The number of aliphatic imine (C=N–C) groups is 1. The lowest BCUT2D eigenvalue weighted by Crippen LogP contribution is -2.40. The number of nitrogens with zero attached hydrogens (tertiary/aromatic N) is 2. The van der Waals surface area contributed by atoms with Gasteiger partial charge in [0, 0.05) is 32.2 Å². The fourth-order valence-corrected chi connectivity index (χ4v) is 3.76. The van der Waals surface area contributed by atoms with E-state index in [0.717, 1.165) is 5.56 Å². The summed E-state index contributed by atoms with van der Waals surface area (Å²) in [6.45, 7) is 0.849. The van der Waals surface area contributed by atoms with Crippen LogP contribution in [0.3, 0.4) is 0 Å². The van der Waals surface area contributed by atoms with E-state index >= 15 is 0 Å². The summed E-state index contributed by atoms with van der Waals surface area (Å²) >= 11 is 6.18. The quantitative estimate of drug-likeness (QED) is 0.370. The van der Waals surface area contributed by atoms with Crippen molar-refractivity contribution in [2.24, 2.45) is 4.99 Å². The van der Waals surface area contributed by atoms with Gasteiger partial charge in [0.2, 0.25) is 0 Å². The predicted octanol–water partition coefficient (Wildman–Crippen LogP) is 3.44. The molecule has 0 bridgehead atoms. The van der Waals surface area contributed by atoms with Crippen molar-refractivity contribution in [2.75, 3.05) is 26.4 Å². The first-order valence-electron chi connectivity index (χ1n) is 7.87. The third-order valence-electron chi connectivity index (χ3n) is 3.69. The van der Waals surface area contributed by atoms with Crippen molar-refractivity contribution in [3.8, 4) is 0 Å². The summed E-state index contributed by atoms with van der Waals surface area (Å²) in [6.07, 6.45) is 0. The third-order valence-corrected chi connectivity index (χ3v) is 5.80. The van der Waals surface area contributed by atoms with E-state index in [4.69, 9.17) is 11.6 Å². The van der Waals surface area contributed by atoms with Gasteiger partial charge in [0.15, 0.2) is 15.8 Å². The van der Waals surface area contributed by atoms with Crippen LogP contribution in [0.4, 0.5) is 0 Å². The second kappa shape index (κ2) is 10.7. The number of halogens is 2. The molecule has 26 heavy (non-hydrogen) atoms. The largest absolute Gasteiger partial charge is 0.355 e. The van der Waals surface area contributed by atoms with E-state index in [1.807, 2.05) is 36.2 Å². The monoisotopic (exact) mass is 507 g/mol. The highest BCUT2D eigenvalue weighted by molar-refractivity contribution is 14.0. The van der Waals surface area contributed by atoms with Crippen LogP contribution in [0.15, 0.2) is 64.5 Å². The number of nitrogens with one attached hydrogen (secondary N) is 1. The number of hydrogen-bond acceptors (Lipinski definition) is 3. The molecule has 0 heterocycles. The molecule has 142 valence electrons. The third kappa shape index (κ3) is 6.44. The Balaban J connectivity index is 0.00000338. The Hall–Kier alpha value is -1.32. The molecule has 0 saturated heterocycles. The van der Waals surface area contributed by atoms with Crippen LogP contribution in [0.25, 0.3) is 0 Å². The van der Waals surface area contributed by atoms with Gasteiger partial charge in [-0.1, -0.05) is 48.0 Å². The molecule has 0 atom stereocenters. The highest BCUT2D eigenvalue weighted by Crippen LogP contribution is 2.16. The smallest absolute Gasteiger partial charge is 0.193 e. The minimum Gasteiger partial charge on any atom is -0.355 e. The first kappa shape index (κ1) is 22.7. The van der Waals surface area contributed by atoms with Gasteiger partial charge in [-0.15, -0.1) is 24.0 Å². The molecular formula is C18H23ClIN3O2S. The molecule has 0 aliphatic carbocycles. The van der Waals surface area contributed by atoms with E-state index in [9.17, 15) is 8.42 Å². The molecule has 2 aromatic rings. The van der Waals surface area contributed by atoms with Crippen LogP contribution in [0, 0.1) is 0 Å². The van der Waals surface area contributed by atoms with Crippen LogP contribution in [0.1, 0.15) is 5.56 Å². The van der Waals surface area contributed by atoms with E-state index in [1.165, 1.54) is 0 Å². The highest BCUT2D eigenvalue weighted by Gasteiger charge is 2.15. The van der Waals surface area contributed by atoms with Crippen molar-refractivity contribution >= 4 is 51.4 Å². The minimum atomic E-state index is -3.31. The second-order valence-corrected chi connectivity index (χ2v) is 8.07. The van der Waals surface area contributed by atoms with Crippen LogP contribution >= 0.6 is 35.6 Å². The first-order chi connectivity index (χ1) is 11.9. The SMILES string of the molecule is CN=C(NCCS(=O)(=O)c1ccccc1)N(C)Cc1ccccc1Cl.I. The summed E-state index contributed by atoms with van der Waals surface area (Å²) in [6, 6.07) is 16.0. The molecule has 0 amide bonds. The fraction of sp³-hybridized carbons (Fsp3) is 0.278. The van der Waals surface area contributed by atoms with Gasteiger partial charge in [-0.2, -0.15) is 0 Å². The second-order valence-electron chi connectivity index (χ2n) is 5.55. The minimum absolute atomic E-state index is 0. The molecule has 0 unspecified atom stereocenters. The molecule has 8 heteroatoms. The van der Waals surface area contributed by atoms with Crippen LogP contribution < -0.4 is 5.32 Å². The van der Waals surface area contributed by atoms with Gasteiger partial charge in [0.1, 0.15) is 0 Å². The molecule has 0 aliphatic heterocycles. The van der Waals surface area contributed by atoms with E-state index in [1.54, 1.807) is 37.4 Å². The van der Waals surface area contributed by atoms with E-state index in [2.05, 4.69) is 10.3 Å². The average Bonchev–Trinajstić information content (AvgIpc) is 2.61. The van der Waals surface area contributed by atoms with Crippen LogP contribution in [0.2, 0.25) is 5.02 Å². The molecule has 0 aromatic heterocycles. The zero-order valence-electron chi connectivity index (χ0n) is 14.7. The molecule has 2 rings (SSSR count). The molecule has 1 N–H and O–H groups in total. The van der Waals surface area contributed by atoms with Gasteiger partial charge in [-0.3, -0.25) is 4.99 Å². The molecular weight excluding hydrogens is 485 g/mol. The number of hydrogen-bond donors (Lipinski definition) is 1. The van der Waals surface area contributed by atoms with E-state index in [0.29, 0.717) is 22.4 Å². The Morgan fingerprint density at radius 1 is 1.12 bits per heavy atom. The van der Waals surface area contributed by atoms with Crippen molar-refractivity contribution in [1.82, 2.24) is 10.2 Å². The van der Waals surface area contributed by atoms with Gasteiger partial charge < -0.3 is 10.2 Å². The lowest BCUT2D eigenvalue weighted by molar-refractivity contribution is 0.479. The van der Waals surface area contributed by atoms with Crippen molar-refractivity contribution in [1.29, 1.82) is 0 Å². The van der Waals surface area contributed by atoms with Gasteiger partial charge >= 0.3 is 0 Å². The van der Waals surface area contributed by atoms with Crippen molar-refractivity contribution in [3.63, 3.8) is 0 Å². The summed E-state index contributed by atoms with van der Waals surface area (Å²) in [7, 11) is 0.231. The summed E-state index contributed by atoms with van der Waals surface area (Å²) in [5, 5.41) is 3.78. The van der Waals surface area contributed by atoms with Gasteiger partial charge in [-0.05, 0) is 23.8 Å². The van der Waals surface area contributed by atoms with Gasteiger partial charge in [0.25, 0.3) is 0 Å². The molecule has 2 aromatic carbocycles.